The van der Waals surface area contributed by atoms with Crippen LogP contribution in [0.1, 0.15) is 24.5 Å². The zero-order valence-electron chi connectivity index (χ0n) is 15.2. The minimum atomic E-state index is -3.87. The number of nitrogens with one attached hydrogen (secondary N) is 1. The highest BCUT2D eigenvalue weighted by atomic mass is 32.2. The molecule has 0 aliphatic heterocycles. The van der Waals surface area contributed by atoms with Gasteiger partial charge in [0.2, 0.25) is 10.0 Å². The number of pyridine rings is 1. The minimum absolute atomic E-state index is 0.0215. The molecule has 27 heavy (non-hydrogen) atoms. The number of sulfonamides is 1. The van der Waals surface area contributed by atoms with Gasteiger partial charge in [-0.2, -0.15) is 0 Å². The van der Waals surface area contributed by atoms with Crippen molar-refractivity contribution >= 4 is 16.1 Å². The molecule has 1 heterocycles. The van der Waals surface area contributed by atoms with Crippen LogP contribution in [0.2, 0.25) is 0 Å². The summed E-state index contributed by atoms with van der Waals surface area (Å²) in [5, 5.41) is 8.00. The number of hydrogen-bond acceptors (Lipinski definition) is 6. The Labute approximate surface area is 158 Å². The second-order valence-corrected chi connectivity index (χ2v) is 7.57. The molecule has 1 amide bonds. The smallest absolute Gasteiger partial charge is 0.407 e. The van der Waals surface area contributed by atoms with Crippen LogP contribution in [-0.4, -0.2) is 32.6 Å². The van der Waals surface area contributed by atoms with Gasteiger partial charge < -0.3 is 14.8 Å². The Morgan fingerprint density at radius 2 is 2.11 bits per heavy atom. The Hall–Kier alpha value is -2.65. The van der Waals surface area contributed by atoms with Crippen LogP contribution < -0.4 is 15.2 Å². The fourth-order valence-corrected chi connectivity index (χ4v) is 3.27. The van der Waals surface area contributed by atoms with Gasteiger partial charge in [0, 0.05) is 30.1 Å². The number of hydrogen-bond donors (Lipinski definition) is 2. The molecule has 8 nitrogen and oxygen atoms in total. The molecule has 146 valence electrons. The quantitative estimate of drug-likeness (QED) is 0.707. The topological polar surface area (TPSA) is 121 Å². The van der Waals surface area contributed by atoms with Crippen molar-refractivity contribution in [2.75, 3.05) is 7.11 Å². The monoisotopic (exact) mass is 393 g/mol. The number of nitrogens with zero attached hydrogens (tertiary/aromatic N) is 1. The number of rotatable bonds is 8. The molecule has 3 N–H and O–H groups in total. The molecule has 2 rings (SSSR count). The van der Waals surface area contributed by atoms with Gasteiger partial charge in [0.15, 0.2) is 0 Å². The third kappa shape index (κ3) is 6.54. The largest absolute Gasteiger partial charge is 0.497 e. The highest BCUT2D eigenvalue weighted by molar-refractivity contribution is 7.89. The lowest BCUT2D eigenvalue weighted by atomic mass is 10.1. The molecule has 0 spiro atoms. The highest BCUT2D eigenvalue weighted by Gasteiger charge is 2.17. The number of aromatic nitrogens is 1. The van der Waals surface area contributed by atoms with Gasteiger partial charge in [-0.15, -0.1) is 0 Å². The maximum Gasteiger partial charge on any atom is 0.407 e. The van der Waals surface area contributed by atoms with E-state index < -0.39 is 16.1 Å². The van der Waals surface area contributed by atoms with Crippen LogP contribution in [0.4, 0.5) is 4.79 Å². The van der Waals surface area contributed by atoms with Crippen LogP contribution in [0.25, 0.3) is 0 Å². The third-order valence-corrected chi connectivity index (χ3v) is 4.88. The predicted octanol–water partition coefficient (Wildman–Crippen LogP) is 1.99. The molecule has 0 saturated carbocycles. The molecular formula is C18H23N3O5S. The van der Waals surface area contributed by atoms with Gasteiger partial charge in [-0.3, -0.25) is 4.98 Å². The third-order valence-electron chi connectivity index (χ3n) is 3.88. The number of amides is 1. The van der Waals surface area contributed by atoms with Crippen molar-refractivity contribution in [2.24, 2.45) is 5.14 Å². The van der Waals surface area contributed by atoms with Gasteiger partial charge >= 0.3 is 6.09 Å². The fraction of sp³-hybridized carbons (Fsp3) is 0.333. The maximum absolute atomic E-state index is 11.9. The lowest BCUT2D eigenvalue weighted by molar-refractivity contribution is 0.136. The number of benzene rings is 1. The Bertz CT molecular complexity index is 872. The number of methoxy groups -OCH3 is 1. The lowest BCUT2D eigenvalue weighted by Crippen LogP contribution is -2.33. The summed E-state index contributed by atoms with van der Waals surface area (Å²) >= 11 is 0. The summed E-state index contributed by atoms with van der Waals surface area (Å²) in [5.41, 5.74) is 1.35. The van der Waals surface area contributed by atoms with Gasteiger partial charge in [-0.25, -0.2) is 18.4 Å². The second kappa shape index (κ2) is 9.33. The van der Waals surface area contributed by atoms with Gasteiger partial charge in [-0.1, -0.05) is 12.1 Å². The fourth-order valence-electron chi connectivity index (χ4n) is 2.45. The molecule has 1 atom stereocenters. The molecule has 0 aliphatic carbocycles. The summed E-state index contributed by atoms with van der Waals surface area (Å²) < 4.78 is 33.8. The van der Waals surface area contributed by atoms with E-state index in [0.29, 0.717) is 24.2 Å². The van der Waals surface area contributed by atoms with Gasteiger partial charge in [0.1, 0.15) is 12.4 Å². The zero-order valence-corrected chi connectivity index (χ0v) is 16.0. The van der Waals surface area contributed by atoms with E-state index in [-0.39, 0.29) is 17.5 Å². The van der Waals surface area contributed by atoms with Gasteiger partial charge in [0.25, 0.3) is 0 Å². The standard InChI is InChI=1S/C18H23N3O5S/c1-13(21-18(22)26-12-14-4-3-9-20-11-14)5-6-15-7-8-16(25-2)10-17(15)27(19,23)24/h3-4,7-11,13H,5-6,12H2,1-2H3,(H,21,22)(H2,19,23,24). The molecule has 1 aromatic carbocycles. The van der Waals surface area contributed by atoms with Gasteiger partial charge in [0.05, 0.1) is 12.0 Å². The molecule has 2 aromatic rings. The van der Waals surface area contributed by atoms with E-state index in [9.17, 15) is 13.2 Å². The summed E-state index contributed by atoms with van der Waals surface area (Å²) in [6.07, 6.45) is 3.64. The van der Waals surface area contributed by atoms with E-state index in [1.807, 2.05) is 13.0 Å². The molecule has 1 aromatic heterocycles. The second-order valence-electron chi connectivity index (χ2n) is 6.04. The number of carbonyl (C=O) groups excluding carboxylic acids is 1. The van der Waals surface area contributed by atoms with Crippen molar-refractivity contribution in [3.8, 4) is 5.75 Å². The van der Waals surface area contributed by atoms with Crippen molar-refractivity contribution < 1.29 is 22.7 Å². The van der Waals surface area contributed by atoms with E-state index in [4.69, 9.17) is 14.6 Å². The van der Waals surface area contributed by atoms with Crippen LogP contribution >= 0.6 is 0 Å². The zero-order chi connectivity index (χ0) is 19.9. The van der Waals surface area contributed by atoms with Crippen molar-refractivity contribution in [3.63, 3.8) is 0 Å². The Kier molecular flexibility index (Phi) is 7.14. The maximum atomic E-state index is 11.9. The molecule has 0 aliphatic rings. The highest BCUT2D eigenvalue weighted by Crippen LogP contribution is 2.22. The SMILES string of the molecule is COc1ccc(CCC(C)NC(=O)OCc2cccnc2)c(S(N)(=O)=O)c1. The van der Waals surface area contributed by atoms with E-state index >= 15 is 0 Å². The van der Waals surface area contributed by atoms with Crippen LogP contribution in [0.15, 0.2) is 47.6 Å². The molecular weight excluding hydrogens is 370 g/mol. The first-order chi connectivity index (χ1) is 12.8. The van der Waals surface area contributed by atoms with Crippen LogP contribution in [0.3, 0.4) is 0 Å². The summed E-state index contributed by atoms with van der Waals surface area (Å²) in [6, 6.07) is 8.07. The summed E-state index contributed by atoms with van der Waals surface area (Å²) in [7, 11) is -2.42. The van der Waals surface area contributed by atoms with Crippen molar-refractivity contribution in [3.05, 3.63) is 53.9 Å². The van der Waals surface area contributed by atoms with Crippen LogP contribution in [0, 0.1) is 0 Å². The number of nitrogens with two attached hydrogens (primary N) is 1. The first-order valence-electron chi connectivity index (χ1n) is 8.31. The van der Waals surface area contributed by atoms with Crippen molar-refractivity contribution in [1.82, 2.24) is 10.3 Å². The van der Waals surface area contributed by atoms with E-state index in [1.54, 1.807) is 30.6 Å². The normalized spacial score (nSPS) is 12.3. The first-order valence-corrected chi connectivity index (χ1v) is 9.86. The average molecular weight is 393 g/mol. The number of carbonyl (C=O) groups is 1. The summed E-state index contributed by atoms with van der Waals surface area (Å²) in [5.74, 6) is 0.410. The molecule has 0 bridgehead atoms. The minimum Gasteiger partial charge on any atom is -0.497 e. The molecule has 0 radical (unpaired) electrons. The van der Waals surface area contributed by atoms with E-state index in [2.05, 4.69) is 10.3 Å². The predicted molar refractivity (Wildman–Crippen MR) is 99.7 cm³/mol. The Morgan fingerprint density at radius 1 is 1.33 bits per heavy atom. The Balaban J connectivity index is 1.89. The molecule has 1 unspecified atom stereocenters. The van der Waals surface area contributed by atoms with E-state index in [0.717, 1.165) is 5.56 Å². The Morgan fingerprint density at radius 3 is 2.74 bits per heavy atom. The van der Waals surface area contributed by atoms with E-state index in [1.165, 1.54) is 13.2 Å². The first kappa shape index (κ1) is 20.7. The lowest BCUT2D eigenvalue weighted by Gasteiger charge is -2.15. The average Bonchev–Trinajstić information content (AvgIpc) is 2.64. The summed E-state index contributed by atoms with van der Waals surface area (Å²) in [6.45, 7) is 1.94. The van der Waals surface area contributed by atoms with Crippen LogP contribution in [0.5, 0.6) is 5.75 Å². The number of aryl methyl sites for hydroxylation is 1. The molecule has 9 heteroatoms. The number of ether oxygens (including phenoxy) is 2. The van der Waals surface area contributed by atoms with Crippen molar-refractivity contribution in [1.29, 1.82) is 0 Å². The number of alkyl carbamates (subject to hydrolysis) is 1. The van der Waals surface area contributed by atoms with Crippen molar-refractivity contribution in [2.45, 2.75) is 37.3 Å². The van der Waals surface area contributed by atoms with Crippen LogP contribution in [-0.2, 0) is 27.8 Å². The molecule has 0 saturated heterocycles. The number of primary sulfonamides is 1. The van der Waals surface area contributed by atoms with Gasteiger partial charge in [-0.05, 0) is 37.5 Å². The molecule has 0 fully saturated rings. The summed E-state index contributed by atoms with van der Waals surface area (Å²) in [4.78, 5) is 15.8.